The molecular weight excluding hydrogens is 280 g/mol. The fourth-order valence-corrected chi connectivity index (χ4v) is 2.93. The molecule has 0 aromatic heterocycles. The molecule has 0 saturated heterocycles. The van der Waals surface area contributed by atoms with E-state index >= 15 is 0 Å². The standard InChI is InChI=1S/C17H26N2O3/c1-3-5-6-7-16(22-13-9-17(21)18-10-13)14-8-12(4-2)19-15(14)11-20/h8-9,11-12,15-16,19H,3-7,10H2,1-2H3,(H,18,21). The van der Waals surface area contributed by atoms with Gasteiger partial charge in [-0.05, 0) is 24.8 Å². The van der Waals surface area contributed by atoms with Crippen molar-refractivity contribution in [3.63, 3.8) is 0 Å². The molecule has 0 aliphatic carbocycles. The third-order valence-electron chi connectivity index (χ3n) is 4.19. The van der Waals surface area contributed by atoms with Gasteiger partial charge in [-0.3, -0.25) is 10.1 Å². The molecule has 3 atom stereocenters. The van der Waals surface area contributed by atoms with Crippen molar-refractivity contribution in [1.82, 2.24) is 10.6 Å². The molecule has 5 heteroatoms. The second-order valence-corrected chi connectivity index (χ2v) is 5.89. The minimum Gasteiger partial charge on any atom is -0.488 e. The van der Waals surface area contributed by atoms with Gasteiger partial charge in [0.05, 0.1) is 12.6 Å². The summed E-state index contributed by atoms with van der Waals surface area (Å²) >= 11 is 0. The fraction of sp³-hybridized carbons (Fsp3) is 0.647. The summed E-state index contributed by atoms with van der Waals surface area (Å²) in [6.07, 6.45) is 9.58. The number of aldehydes is 1. The number of hydrogen-bond donors (Lipinski definition) is 2. The maximum atomic E-state index is 11.4. The average molecular weight is 306 g/mol. The predicted octanol–water partition coefficient (Wildman–Crippen LogP) is 1.84. The van der Waals surface area contributed by atoms with Crippen LogP contribution in [-0.4, -0.2) is 36.9 Å². The smallest absolute Gasteiger partial charge is 0.247 e. The van der Waals surface area contributed by atoms with Gasteiger partial charge in [0.2, 0.25) is 5.91 Å². The molecule has 0 bridgehead atoms. The largest absolute Gasteiger partial charge is 0.488 e. The van der Waals surface area contributed by atoms with Crippen LogP contribution in [0.5, 0.6) is 0 Å². The van der Waals surface area contributed by atoms with Crippen LogP contribution in [0.25, 0.3) is 0 Å². The first-order chi connectivity index (χ1) is 10.7. The first-order valence-corrected chi connectivity index (χ1v) is 8.25. The van der Waals surface area contributed by atoms with Crippen LogP contribution in [0, 0.1) is 0 Å². The van der Waals surface area contributed by atoms with Gasteiger partial charge in [0.1, 0.15) is 18.1 Å². The second-order valence-electron chi connectivity index (χ2n) is 5.89. The number of amides is 1. The zero-order valence-corrected chi connectivity index (χ0v) is 13.4. The number of carbonyl (C=O) groups excluding carboxylic acids is 2. The van der Waals surface area contributed by atoms with Gasteiger partial charge in [-0.1, -0.05) is 32.8 Å². The molecule has 122 valence electrons. The molecule has 2 N–H and O–H groups in total. The van der Waals surface area contributed by atoms with Crippen molar-refractivity contribution in [1.29, 1.82) is 0 Å². The highest BCUT2D eigenvalue weighted by Gasteiger charge is 2.31. The summed E-state index contributed by atoms with van der Waals surface area (Å²) in [7, 11) is 0. The Morgan fingerprint density at radius 3 is 2.82 bits per heavy atom. The highest BCUT2D eigenvalue weighted by atomic mass is 16.5. The van der Waals surface area contributed by atoms with Crippen molar-refractivity contribution in [2.45, 2.75) is 64.1 Å². The minimum absolute atomic E-state index is 0.112. The quantitative estimate of drug-likeness (QED) is 0.387. The summed E-state index contributed by atoms with van der Waals surface area (Å²) in [6.45, 7) is 4.69. The second kappa shape index (κ2) is 8.13. The van der Waals surface area contributed by atoms with Crippen molar-refractivity contribution in [2.24, 2.45) is 0 Å². The predicted molar refractivity (Wildman–Crippen MR) is 85.3 cm³/mol. The van der Waals surface area contributed by atoms with Crippen LogP contribution in [0.15, 0.2) is 23.5 Å². The summed E-state index contributed by atoms with van der Waals surface area (Å²) in [5, 5.41) is 6.02. The van der Waals surface area contributed by atoms with E-state index in [1.807, 2.05) is 0 Å². The van der Waals surface area contributed by atoms with E-state index < -0.39 is 0 Å². The van der Waals surface area contributed by atoms with Crippen molar-refractivity contribution < 1.29 is 14.3 Å². The topological polar surface area (TPSA) is 67.4 Å². The van der Waals surface area contributed by atoms with Gasteiger partial charge < -0.3 is 14.8 Å². The minimum atomic E-state index is -0.276. The Labute approximate surface area is 132 Å². The van der Waals surface area contributed by atoms with E-state index in [9.17, 15) is 9.59 Å². The van der Waals surface area contributed by atoms with Gasteiger partial charge in [0.25, 0.3) is 0 Å². The van der Waals surface area contributed by atoms with E-state index in [4.69, 9.17) is 4.74 Å². The summed E-state index contributed by atoms with van der Waals surface area (Å²) < 4.78 is 6.05. The van der Waals surface area contributed by atoms with E-state index in [2.05, 4.69) is 30.6 Å². The molecule has 0 saturated carbocycles. The monoisotopic (exact) mass is 306 g/mol. The molecule has 0 aromatic carbocycles. The van der Waals surface area contributed by atoms with E-state index in [-0.39, 0.29) is 24.1 Å². The summed E-state index contributed by atoms with van der Waals surface area (Å²) in [6, 6.07) is -0.0537. The Morgan fingerprint density at radius 1 is 1.41 bits per heavy atom. The van der Waals surface area contributed by atoms with Gasteiger partial charge in [0, 0.05) is 12.1 Å². The lowest BCUT2D eigenvalue weighted by molar-refractivity contribution is -0.115. The van der Waals surface area contributed by atoms with Crippen LogP contribution < -0.4 is 10.6 Å². The van der Waals surface area contributed by atoms with Crippen molar-refractivity contribution in [3.8, 4) is 0 Å². The Balaban J connectivity index is 2.10. The molecule has 1 amide bonds. The molecule has 2 heterocycles. The van der Waals surface area contributed by atoms with Crippen LogP contribution in [0.4, 0.5) is 0 Å². The Hall–Kier alpha value is -1.62. The zero-order valence-electron chi connectivity index (χ0n) is 13.4. The Morgan fingerprint density at radius 2 is 2.23 bits per heavy atom. The van der Waals surface area contributed by atoms with E-state index in [1.165, 1.54) is 6.08 Å². The molecule has 2 rings (SSSR count). The maximum Gasteiger partial charge on any atom is 0.247 e. The molecule has 0 fully saturated rings. The Kier molecular flexibility index (Phi) is 6.19. The van der Waals surface area contributed by atoms with Gasteiger partial charge in [-0.15, -0.1) is 0 Å². The van der Waals surface area contributed by atoms with Crippen LogP contribution in [0.1, 0.15) is 46.0 Å². The molecule has 3 unspecified atom stereocenters. The molecular formula is C17H26N2O3. The van der Waals surface area contributed by atoms with Crippen LogP contribution >= 0.6 is 0 Å². The van der Waals surface area contributed by atoms with Gasteiger partial charge in [-0.2, -0.15) is 0 Å². The van der Waals surface area contributed by atoms with Crippen molar-refractivity contribution in [3.05, 3.63) is 23.5 Å². The molecule has 0 aromatic rings. The van der Waals surface area contributed by atoms with Gasteiger partial charge in [-0.25, -0.2) is 0 Å². The highest BCUT2D eigenvalue weighted by molar-refractivity contribution is 5.90. The fourth-order valence-electron chi connectivity index (χ4n) is 2.93. The zero-order chi connectivity index (χ0) is 15.9. The number of nitrogens with one attached hydrogen (secondary N) is 2. The third-order valence-corrected chi connectivity index (χ3v) is 4.19. The molecule has 2 aliphatic heterocycles. The van der Waals surface area contributed by atoms with E-state index in [0.717, 1.165) is 44.0 Å². The van der Waals surface area contributed by atoms with Crippen molar-refractivity contribution >= 4 is 12.2 Å². The highest BCUT2D eigenvalue weighted by Crippen LogP contribution is 2.26. The van der Waals surface area contributed by atoms with Gasteiger partial charge >= 0.3 is 0 Å². The molecule has 22 heavy (non-hydrogen) atoms. The summed E-state index contributed by atoms with van der Waals surface area (Å²) in [4.78, 5) is 22.6. The molecule has 0 spiro atoms. The Bertz CT molecular complexity index is 471. The van der Waals surface area contributed by atoms with Crippen LogP contribution in [0.2, 0.25) is 0 Å². The first kappa shape index (κ1) is 16.7. The van der Waals surface area contributed by atoms with Crippen LogP contribution in [-0.2, 0) is 14.3 Å². The third kappa shape index (κ3) is 4.19. The van der Waals surface area contributed by atoms with Crippen molar-refractivity contribution in [2.75, 3.05) is 6.54 Å². The van der Waals surface area contributed by atoms with Crippen LogP contribution in [0.3, 0.4) is 0 Å². The normalized spacial score (nSPS) is 25.5. The lowest BCUT2D eigenvalue weighted by Gasteiger charge is -2.23. The lowest BCUT2D eigenvalue weighted by Crippen LogP contribution is -2.35. The maximum absolute atomic E-state index is 11.4. The summed E-state index contributed by atoms with van der Waals surface area (Å²) in [5.74, 6) is 0.552. The van der Waals surface area contributed by atoms with Gasteiger partial charge in [0.15, 0.2) is 0 Å². The SMILES string of the molecule is CCCCCC(OC1=CC(=O)NC1)C1=CC(CC)NC1C=O. The molecule has 5 nitrogen and oxygen atoms in total. The summed E-state index contributed by atoms with van der Waals surface area (Å²) in [5.41, 5.74) is 1.01. The number of hydrogen-bond acceptors (Lipinski definition) is 4. The number of unbranched alkanes of at least 4 members (excludes halogenated alkanes) is 2. The van der Waals surface area contributed by atoms with E-state index in [1.54, 1.807) is 0 Å². The molecule has 0 radical (unpaired) electrons. The molecule has 2 aliphatic rings. The lowest BCUT2D eigenvalue weighted by atomic mass is 9.98. The number of rotatable bonds is 9. The average Bonchev–Trinajstić information content (AvgIpc) is 3.12. The number of carbonyl (C=O) groups is 2. The number of ether oxygens (including phenoxy) is 1. The van der Waals surface area contributed by atoms with E-state index in [0.29, 0.717) is 12.3 Å². The first-order valence-electron chi connectivity index (χ1n) is 8.25.